The summed E-state index contributed by atoms with van der Waals surface area (Å²) in [5.41, 5.74) is 21.6. The summed E-state index contributed by atoms with van der Waals surface area (Å²) >= 11 is 0. The molecule has 0 atom stereocenters. The van der Waals surface area contributed by atoms with Gasteiger partial charge in [-0.15, -0.1) is 0 Å². The minimum atomic E-state index is -2.30. The van der Waals surface area contributed by atoms with Gasteiger partial charge in [-0.3, -0.25) is 0 Å². The third kappa shape index (κ3) is 5.07. The maximum Gasteiger partial charge on any atom is 0.251 e. The lowest BCUT2D eigenvalue weighted by molar-refractivity contribution is 0.487. The molecule has 7 aromatic rings. The van der Waals surface area contributed by atoms with E-state index in [0.29, 0.717) is 17.8 Å². The molecular weight excluding hydrogens is 742 g/mol. The quantitative estimate of drug-likeness (QED) is 0.161. The van der Waals surface area contributed by atoms with Gasteiger partial charge in [0.1, 0.15) is 11.5 Å². The second-order valence-electron chi connectivity index (χ2n) is 18.2. The van der Waals surface area contributed by atoms with E-state index in [-0.39, 0.29) is 6.71 Å². The highest BCUT2D eigenvalue weighted by Gasteiger charge is 2.55. The highest BCUT2D eigenvalue weighted by atomic mass is 28.3. The molecule has 0 fully saturated rings. The third-order valence-corrected chi connectivity index (χ3v) is 18.1. The molecule has 0 aromatic heterocycles. The molecule has 0 radical (unpaired) electrons. The molecule has 0 N–H and O–H groups in total. The van der Waals surface area contributed by atoms with Gasteiger partial charge in [-0.1, -0.05) is 192 Å². The largest absolute Gasteiger partial charge is 0.458 e. The maximum atomic E-state index is 7.02. The molecule has 0 saturated heterocycles. The molecule has 60 heavy (non-hydrogen) atoms. The second-order valence-corrected chi connectivity index (χ2v) is 21.7. The van der Waals surface area contributed by atoms with Crippen LogP contribution >= 0.6 is 0 Å². The van der Waals surface area contributed by atoms with Crippen molar-refractivity contribution in [1.82, 2.24) is 0 Å². The average Bonchev–Trinajstić information content (AvgIpc) is 3.77. The van der Waals surface area contributed by atoms with Crippen LogP contribution in [0.5, 0.6) is 11.5 Å². The molecule has 0 aliphatic carbocycles. The minimum absolute atomic E-state index is 0.0459. The summed E-state index contributed by atoms with van der Waals surface area (Å²) < 4.78 is 7.02. The molecule has 7 aromatic carbocycles. The van der Waals surface area contributed by atoms with Gasteiger partial charge in [-0.2, -0.15) is 0 Å². The predicted molar refractivity (Wildman–Crippen MR) is 256 cm³/mol. The summed E-state index contributed by atoms with van der Waals surface area (Å²) in [6.07, 6.45) is 4.55. The summed E-state index contributed by atoms with van der Waals surface area (Å²) in [6.45, 7) is 14.1. The van der Waals surface area contributed by atoms with Crippen LogP contribution in [0.15, 0.2) is 175 Å². The zero-order valence-corrected chi connectivity index (χ0v) is 36.4. The Morgan fingerprint density at radius 2 is 1.00 bits per heavy atom. The van der Waals surface area contributed by atoms with E-state index in [9.17, 15) is 0 Å². The van der Waals surface area contributed by atoms with Gasteiger partial charge in [0.05, 0.1) is 16.8 Å². The first kappa shape index (κ1) is 36.9. The molecule has 2 nitrogen and oxygen atoms in total. The van der Waals surface area contributed by atoms with E-state index in [1.54, 1.807) is 0 Å². The molecule has 0 unspecified atom stereocenters. The number of rotatable bonds is 5. The predicted octanol–water partition coefficient (Wildman–Crippen LogP) is 10.9. The second kappa shape index (κ2) is 13.7. The van der Waals surface area contributed by atoms with Gasteiger partial charge in [0.25, 0.3) is 6.71 Å². The smallest absolute Gasteiger partial charge is 0.251 e. The lowest BCUT2D eigenvalue weighted by atomic mass is 9.34. The Balaban J connectivity index is 1.14. The molecule has 4 aliphatic heterocycles. The van der Waals surface area contributed by atoms with Gasteiger partial charge in [-0.05, 0) is 102 Å². The lowest BCUT2D eigenvalue weighted by Crippen LogP contribution is -2.65. The van der Waals surface area contributed by atoms with E-state index in [0.717, 1.165) is 17.2 Å². The van der Waals surface area contributed by atoms with Crippen LogP contribution in [0.2, 0.25) is 0 Å². The number of nitrogens with zero attached hydrogens (tertiary/aromatic N) is 1. The van der Waals surface area contributed by atoms with Crippen molar-refractivity contribution < 1.29 is 4.74 Å². The Bertz CT molecular complexity index is 2800. The fraction of sp³-hybridized carbons (Fsp3) is 0.179. The molecular formula is C56H50BNOSi. The van der Waals surface area contributed by atoms with Crippen molar-refractivity contribution in [3.8, 4) is 11.5 Å². The number of benzene rings is 7. The van der Waals surface area contributed by atoms with Gasteiger partial charge >= 0.3 is 0 Å². The molecule has 292 valence electrons. The van der Waals surface area contributed by atoms with Gasteiger partial charge in [0, 0.05) is 11.8 Å². The van der Waals surface area contributed by atoms with Crippen LogP contribution in [0.4, 0.5) is 17.1 Å². The Kier molecular flexibility index (Phi) is 8.45. The highest BCUT2D eigenvalue weighted by Crippen LogP contribution is 2.58. The Morgan fingerprint density at radius 3 is 1.57 bits per heavy atom. The highest BCUT2D eigenvalue weighted by molar-refractivity contribution is 7.10. The summed E-state index contributed by atoms with van der Waals surface area (Å²) in [6, 6.07) is 57.7. The topological polar surface area (TPSA) is 12.5 Å². The molecule has 0 amide bonds. The van der Waals surface area contributed by atoms with Crippen molar-refractivity contribution in [2.75, 3.05) is 4.90 Å². The number of para-hydroxylation sites is 3. The number of allylic oxidation sites excluding steroid dienone is 2. The average molecular weight is 792 g/mol. The van der Waals surface area contributed by atoms with Crippen LogP contribution in [-0.2, 0) is 5.41 Å². The molecule has 4 aliphatic rings. The number of hydrogen-bond acceptors (Lipinski definition) is 2. The number of ether oxygens (including phenoxy) is 1. The zero-order chi connectivity index (χ0) is 40.9. The van der Waals surface area contributed by atoms with Gasteiger partial charge in [0.2, 0.25) is 0 Å². The van der Waals surface area contributed by atoms with Gasteiger partial charge in [0.15, 0.2) is 8.07 Å². The molecule has 0 saturated carbocycles. The standard InChI is InChI=1S/C56H50BNOSi/c1-36(2)39-33-41(37(3)4)55(42(34-39)38(5)6)57-47-23-11-14-26-51(47)59-52-35-40(29-30-48(52)57)58-49-24-12-7-19-43(49)56(44-20-8-13-25-50(44)58)45-21-9-15-27-53(45)60(31-17-18-32-60)54-28-16-10-22-46(54)56/h7-38H,1-6H3. The monoisotopic (exact) mass is 791 g/mol. The number of anilines is 3. The zero-order valence-electron chi connectivity index (χ0n) is 35.4. The first-order chi connectivity index (χ1) is 29.2. The normalized spacial score (nSPS) is 15.8. The molecule has 4 heterocycles. The first-order valence-corrected chi connectivity index (χ1v) is 24.0. The van der Waals surface area contributed by atoms with E-state index in [1.165, 1.54) is 77.1 Å². The van der Waals surface area contributed by atoms with E-state index < -0.39 is 13.5 Å². The van der Waals surface area contributed by atoms with Crippen LogP contribution < -0.4 is 36.4 Å². The van der Waals surface area contributed by atoms with Crippen LogP contribution in [0, 0.1) is 0 Å². The van der Waals surface area contributed by atoms with Crippen LogP contribution in [0.3, 0.4) is 0 Å². The number of hydrogen-bond donors (Lipinski definition) is 0. The Hall–Kier alpha value is -6.10. The molecule has 4 heteroatoms. The minimum Gasteiger partial charge on any atom is -0.458 e. The summed E-state index contributed by atoms with van der Waals surface area (Å²) in [7, 11) is -2.30. The summed E-state index contributed by atoms with van der Waals surface area (Å²) in [5.74, 6) is 3.05. The maximum absolute atomic E-state index is 7.02. The van der Waals surface area contributed by atoms with Crippen molar-refractivity contribution in [3.05, 3.63) is 214 Å². The van der Waals surface area contributed by atoms with E-state index in [4.69, 9.17) is 4.74 Å². The van der Waals surface area contributed by atoms with E-state index in [2.05, 4.69) is 222 Å². The van der Waals surface area contributed by atoms with E-state index >= 15 is 0 Å². The molecule has 2 spiro atoms. The third-order valence-electron chi connectivity index (χ3n) is 14.0. The van der Waals surface area contributed by atoms with Crippen molar-refractivity contribution in [3.63, 3.8) is 0 Å². The Morgan fingerprint density at radius 1 is 0.500 bits per heavy atom. The van der Waals surface area contributed by atoms with Crippen LogP contribution in [0.1, 0.15) is 98.2 Å². The van der Waals surface area contributed by atoms with Crippen LogP contribution in [0.25, 0.3) is 0 Å². The van der Waals surface area contributed by atoms with Crippen molar-refractivity contribution >= 4 is 58.6 Å². The molecule has 0 bridgehead atoms. The summed E-state index contributed by atoms with van der Waals surface area (Å²) in [5, 5.41) is 2.95. The SMILES string of the molecule is CC(C)c1cc(C(C)C)c(B2c3ccccc3Oc3cc(N4c5ccccc5C5(c6ccccc64)c4ccccc4[Si]4(C=CC=C4)c4ccccc45)ccc32)c(C(C)C)c1. The number of fused-ring (bicyclic) bond motifs is 12. The summed E-state index contributed by atoms with van der Waals surface area (Å²) in [4.78, 5) is 2.49. The van der Waals surface area contributed by atoms with E-state index in [1.807, 2.05) is 0 Å². The van der Waals surface area contributed by atoms with Gasteiger partial charge in [-0.25, -0.2) is 0 Å². The van der Waals surface area contributed by atoms with Gasteiger partial charge < -0.3 is 9.64 Å². The van der Waals surface area contributed by atoms with Crippen molar-refractivity contribution in [1.29, 1.82) is 0 Å². The molecule has 11 rings (SSSR count). The first-order valence-electron chi connectivity index (χ1n) is 21.9. The lowest BCUT2D eigenvalue weighted by Gasteiger charge is -2.52. The fourth-order valence-corrected chi connectivity index (χ4v) is 15.4. The Labute approximate surface area is 357 Å². The van der Waals surface area contributed by atoms with Crippen molar-refractivity contribution in [2.45, 2.75) is 64.7 Å². The van der Waals surface area contributed by atoms with Crippen molar-refractivity contribution in [2.24, 2.45) is 0 Å². The van der Waals surface area contributed by atoms with Crippen LogP contribution in [-0.4, -0.2) is 14.8 Å². The fourth-order valence-electron chi connectivity index (χ4n) is 11.3.